The van der Waals surface area contributed by atoms with Gasteiger partial charge in [0.15, 0.2) is 0 Å². The Hall–Kier alpha value is -2.35. The van der Waals surface area contributed by atoms with E-state index in [1.165, 1.54) is 13.2 Å². The van der Waals surface area contributed by atoms with E-state index in [1.807, 2.05) is 54.6 Å². The quantitative estimate of drug-likeness (QED) is 0.604. The number of hydrogen-bond donors (Lipinski definition) is 0. The zero-order valence-corrected chi connectivity index (χ0v) is 10.2. The van der Waals surface area contributed by atoms with Crippen molar-refractivity contribution in [3.63, 3.8) is 0 Å². The number of ether oxygens (including phenoxy) is 1. The molecule has 2 nitrogen and oxygen atoms in total. The second-order valence-corrected chi connectivity index (χ2v) is 3.81. The van der Waals surface area contributed by atoms with Crippen LogP contribution in [0, 0.1) is 0 Å². The summed E-state index contributed by atoms with van der Waals surface area (Å²) in [5, 5.41) is 0. The molecule has 0 saturated heterocycles. The van der Waals surface area contributed by atoms with Gasteiger partial charge in [-0.25, -0.2) is 4.79 Å². The molecular formula is C16H14O2. The topological polar surface area (TPSA) is 26.3 Å². The van der Waals surface area contributed by atoms with Gasteiger partial charge in [0.25, 0.3) is 0 Å². The monoisotopic (exact) mass is 238 g/mol. The average molecular weight is 238 g/mol. The smallest absolute Gasteiger partial charge is 0.330 e. The minimum Gasteiger partial charge on any atom is -0.466 e. The largest absolute Gasteiger partial charge is 0.466 e. The van der Waals surface area contributed by atoms with Gasteiger partial charge in [-0.3, -0.25) is 0 Å². The molecule has 2 aromatic carbocycles. The summed E-state index contributed by atoms with van der Waals surface area (Å²) in [6.07, 6.45) is 3.20. The van der Waals surface area contributed by atoms with Crippen LogP contribution in [0.3, 0.4) is 0 Å². The van der Waals surface area contributed by atoms with Gasteiger partial charge in [0.1, 0.15) is 0 Å². The van der Waals surface area contributed by atoms with Crippen molar-refractivity contribution in [2.45, 2.75) is 0 Å². The third-order valence-electron chi connectivity index (χ3n) is 2.65. The predicted octanol–water partition coefficient (Wildman–Crippen LogP) is 3.54. The molecule has 0 radical (unpaired) electrons. The Morgan fingerprint density at radius 2 is 1.67 bits per heavy atom. The molecule has 0 fully saturated rings. The average Bonchev–Trinajstić information content (AvgIpc) is 2.46. The highest BCUT2D eigenvalue weighted by Crippen LogP contribution is 2.24. The van der Waals surface area contributed by atoms with Gasteiger partial charge in [0.2, 0.25) is 0 Å². The normalized spacial score (nSPS) is 10.5. The van der Waals surface area contributed by atoms with Crippen LogP contribution < -0.4 is 0 Å². The highest BCUT2D eigenvalue weighted by Gasteiger charge is 2.01. The van der Waals surface area contributed by atoms with Crippen molar-refractivity contribution >= 4 is 12.0 Å². The first-order chi connectivity index (χ1) is 8.81. The van der Waals surface area contributed by atoms with Crippen LogP contribution in [-0.4, -0.2) is 13.1 Å². The van der Waals surface area contributed by atoms with E-state index in [1.54, 1.807) is 6.08 Å². The van der Waals surface area contributed by atoms with Crippen LogP contribution in [0.15, 0.2) is 60.7 Å². The number of benzene rings is 2. The summed E-state index contributed by atoms with van der Waals surface area (Å²) in [6, 6.07) is 18.0. The Balaban J connectivity index is 2.38. The van der Waals surface area contributed by atoms with E-state index in [0.717, 1.165) is 16.7 Å². The molecule has 0 atom stereocenters. The maximum absolute atomic E-state index is 11.1. The first-order valence-corrected chi connectivity index (χ1v) is 5.72. The minimum atomic E-state index is -0.349. The maximum atomic E-state index is 11.1. The molecule has 0 N–H and O–H groups in total. The molecule has 0 amide bonds. The number of esters is 1. The van der Waals surface area contributed by atoms with E-state index >= 15 is 0 Å². The van der Waals surface area contributed by atoms with Crippen LogP contribution in [0.25, 0.3) is 17.2 Å². The molecule has 0 aliphatic rings. The molecular weight excluding hydrogens is 224 g/mol. The summed E-state index contributed by atoms with van der Waals surface area (Å²) in [7, 11) is 1.37. The summed E-state index contributed by atoms with van der Waals surface area (Å²) < 4.78 is 4.59. The van der Waals surface area contributed by atoms with Crippen LogP contribution in [0.1, 0.15) is 5.56 Å². The van der Waals surface area contributed by atoms with Gasteiger partial charge in [-0.05, 0) is 22.8 Å². The zero-order chi connectivity index (χ0) is 12.8. The molecule has 18 heavy (non-hydrogen) atoms. The Morgan fingerprint density at radius 3 is 2.39 bits per heavy atom. The van der Waals surface area contributed by atoms with E-state index < -0.39 is 0 Å². The van der Waals surface area contributed by atoms with Crippen molar-refractivity contribution in [2.75, 3.05) is 7.11 Å². The highest BCUT2D eigenvalue weighted by molar-refractivity contribution is 5.89. The SMILES string of the molecule is COC(=O)/C=C/c1ccccc1-c1ccccc1. The van der Waals surface area contributed by atoms with E-state index in [0.29, 0.717) is 0 Å². The van der Waals surface area contributed by atoms with Gasteiger partial charge in [-0.2, -0.15) is 0 Å². The molecule has 0 bridgehead atoms. The maximum Gasteiger partial charge on any atom is 0.330 e. The molecule has 0 aromatic heterocycles. The van der Waals surface area contributed by atoms with Crippen LogP contribution in [0.5, 0.6) is 0 Å². The second kappa shape index (κ2) is 5.82. The molecule has 2 rings (SSSR count). The summed E-state index contributed by atoms with van der Waals surface area (Å²) in [4.78, 5) is 11.1. The summed E-state index contributed by atoms with van der Waals surface area (Å²) in [5.41, 5.74) is 3.22. The van der Waals surface area contributed by atoms with Crippen LogP contribution in [0.2, 0.25) is 0 Å². The fourth-order valence-corrected chi connectivity index (χ4v) is 1.75. The second-order valence-electron chi connectivity index (χ2n) is 3.81. The van der Waals surface area contributed by atoms with Crippen LogP contribution in [0.4, 0.5) is 0 Å². The fourth-order valence-electron chi connectivity index (χ4n) is 1.75. The van der Waals surface area contributed by atoms with Gasteiger partial charge >= 0.3 is 5.97 Å². The van der Waals surface area contributed by atoms with Crippen molar-refractivity contribution in [1.82, 2.24) is 0 Å². The van der Waals surface area contributed by atoms with Crippen LogP contribution >= 0.6 is 0 Å². The van der Waals surface area contributed by atoms with Crippen LogP contribution in [-0.2, 0) is 9.53 Å². The molecule has 2 aromatic rings. The van der Waals surface area contributed by atoms with Crippen molar-refractivity contribution in [1.29, 1.82) is 0 Å². The third-order valence-corrected chi connectivity index (χ3v) is 2.65. The van der Waals surface area contributed by atoms with E-state index in [-0.39, 0.29) is 5.97 Å². The molecule has 0 aliphatic carbocycles. The van der Waals surface area contributed by atoms with Gasteiger partial charge in [-0.15, -0.1) is 0 Å². The molecule has 2 heteroatoms. The first-order valence-electron chi connectivity index (χ1n) is 5.72. The minimum absolute atomic E-state index is 0.349. The van der Waals surface area contributed by atoms with Crippen molar-refractivity contribution < 1.29 is 9.53 Å². The van der Waals surface area contributed by atoms with Gasteiger partial charge in [0.05, 0.1) is 7.11 Å². The zero-order valence-electron chi connectivity index (χ0n) is 10.2. The van der Waals surface area contributed by atoms with Crippen molar-refractivity contribution in [2.24, 2.45) is 0 Å². The summed E-state index contributed by atoms with van der Waals surface area (Å²) >= 11 is 0. The number of hydrogen-bond acceptors (Lipinski definition) is 2. The lowest BCUT2D eigenvalue weighted by Gasteiger charge is -2.05. The molecule has 90 valence electrons. The molecule has 0 saturated carbocycles. The predicted molar refractivity (Wildman–Crippen MR) is 72.9 cm³/mol. The molecule has 0 unspecified atom stereocenters. The Bertz CT molecular complexity index is 556. The molecule has 0 spiro atoms. The summed E-state index contributed by atoms with van der Waals surface area (Å²) in [6.45, 7) is 0. The van der Waals surface area contributed by atoms with Crippen molar-refractivity contribution in [3.05, 3.63) is 66.2 Å². The Labute approximate surface area is 107 Å². The van der Waals surface area contributed by atoms with Gasteiger partial charge in [-0.1, -0.05) is 54.6 Å². The molecule has 0 heterocycles. The Kier molecular flexibility index (Phi) is 3.92. The number of carbonyl (C=O) groups excluding carboxylic acids is 1. The Morgan fingerprint density at radius 1 is 1.00 bits per heavy atom. The van der Waals surface area contributed by atoms with E-state index in [2.05, 4.69) is 4.74 Å². The van der Waals surface area contributed by atoms with E-state index in [9.17, 15) is 4.79 Å². The van der Waals surface area contributed by atoms with Gasteiger partial charge < -0.3 is 4.74 Å². The summed E-state index contributed by atoms with van der Waals surface area (Å²) in [5.74, 6) is -0.349. The third kappa shape index (κ3) is 2.86. The number of rotatable bonds is 3. The van der Waals surface area contributed by atoms with E-state index in [4.69, 9.17) is 0 Å². The lowest BCUT2D eigenvalue weighted by Crippen LogP contribution is -1.93. The molecule has 0 aliphatic heterocycles. The van der Waals surface area contributed by atoms with Crippen molar-refractivity contribution in [3.8, 4) is 11.1 Å². The van der Waals surface area contributed by atoms with Gasteiger partial charge in [0, 0.05) is 6.08 Å². The lowest BCUT2D eigenvalue weighted by atomic mass is 9.99. The lowest BCUT2D eigenvalue weighted by molar-refractivity contribution is -0.134. The fraction of sp³-hybridized carbons (Fsp3) is 0.0625. The first kappa shape index (κ1) is 12.1. The standard InChI is InChI=1S/C16H14O2/c1-18-16(17)12-11-14-9-5-6-10-15(14)13-7-3-2-4-8-13/h2-12H,1H3/b12-11+. The highest BCUT2D eigenvalue weighted by atomic mass is 16.5. The number of carbonyl (C=O) groups is 1. The number of methoxy groups -OCH3 is 1.